The molecule has 3 aromatic rings. The van der Waals surface area contributed by atoms with Gasteiger partial charge in [-0.1, -0.05) is 24.3 Å². The number of halogens is 2. The van der Waals surface area contributed by atoms with E-state index in [9.17, 15) is 33.4 Å². The van der Waals surface area contributed by atoms with E-state index < -0.39 is 47.4 Å². The Labute approximate surface area is 187 Å². The maximum Gasteiger partial charge on any atom is 0.319 e. The van der Waals surface area contributed by atoms with Gasteiger partial charge in [-0.15, -0.1) is 0 Å². The number of hydrogen-bond donors (Lipinski definition) is 4. The van der Waals surface area contributed by atoms with Gasteiger partial charge in [0, 0.05) is 18.8 Å². The quantitative estimate of drug-likeness (QED) is 0.450. The fourth-order valence-electron chi connectivity index (χ4n) is 3.34. The third-order valence-corrected chi connectivity index (χ3v) is 5.00. The van der Waals surface area contributed by atoms with Crippen LogP contribution in [-0.2, 0) is 11.8 Å². The summed E-state index contributed by atoms with van der Waals surface area (Å²) >= 11 is 0. The van der Waals surface area contributed by atoms with Gasteiger partial charge in [0.05, 0.1) is 12.5 Å². The lowest BCUT2D eigenvalue weighted by Crippen LogP contribution is -2.36. The number of aromatic nitrogens is 1. The van der Waals surface area contributed by atoms with E-state index in [1.165, 1.54) is 23.9 Å². The maximum absolute atomic E-state index is 13.6. The number of pyridine rings is 1. The number of aryl methyl sites for hydroxylation is 2. The smallest absolute Gasteiger partial charge is 0.319 e. The van der Waals surface area contributed by atoms with Gasteiger partial charge in [0.15, 0.2) is 17.3 Å². The Bertz CT molecular complexity index is 1290. The number of nitrogens with one attached hydrogen (secondary N) is 2. The average molecular weight is 457 g/mol. The van der Waals surface area contributed by atoms with Crippen LogP contribution >= 0.6 is 0 Å². The summed E-state index contributed by atoms with van der Waals surface area (Å²) in [7, 11) is 1.45. The van der Waals surface area contributed by atoms with E-state index in [1.54, 1.807) is 31.2 Å². The first-order chi connectivity index (χ1) is 15.6. The molecular weight excluding hydrogens is 436 g/mol. The normalized spacial score (nSPS) is 11.6. The highest BCUT2D eigenvalue weighted by molar-refractivity contribution is 5.91. The number of urea groups is 1. The molecule has 0 aliphatic carbocycles. The zero-order chi connectivity index (χ0) is 24.3. The summed E-state index contributed by atoms with van der Waals surface area (Å²) in [5.41, 5.74) is 0.587. The SMILES string of the molecule is Cc1cn(C)c(=O)c(NC(=O)N[C@@H](CC(=O)O)c2cccc(-c3ccc(F)c(F)c3)c2)c1O. The van der Waals surface area contributed by atoms with Crippen molar-refractivity contribution in [3.05, 3.63) is 81.8 Å². The molecule has 1 atom stereocenters. The van der Waals surface area contributed by atoms with Gasteiger partial charge in [-0.05, 0) is 41.8 Å². The highest BCUT2D eigenvalue weighted by Gasteiger charge is 2.21. The standard InChI is InChI=1S/C23H21F2N3O5/c1-12-11-28(2)22(32)20(21(12)31)27-23(33)26-18(10-19(29)30)15-5-3-4-13(8-15)14-6-7-16(24)17(25)9-14/h3-9,11,18,31H,10H2,1-2H3,(H,29,30)(H2,26,27,33)/t18-/m0/s1. The molecule has 1 heterocycles. The Morgan fingerprint density at radius 2 is 1.79 bits per heavy atom. The average Bonchev–Trinajstić information content (AvgIpc) is 2.76. The molecule has 0 bridgehead atoms. The molecule has 172 valence electrons. The molecule has 0 radical (unpaired) electrons. The number of amides is 2. The highest BCUT2D eigenvalue weighted by atomic mass is 19.2. The molecule has 33 heavy (non-hydrogen) atoms. The molecule has 0 saturated heterocycles. The molecule has 3 rings (SSSR count). The van der Waals surface area contributed by atoms with Gasteiger partial charge >= 0.3 is 12.0 Å². The van der Waals surface area contributed by atoms with Gasteiger partial charge in [-0.25, -0.2) is 13.6 Å². The number of benzene rings is 2. The molecule has 1 aromatic heterocycles. The van der Waals surface area contributed by atoms with Crippen molar-refractivity contribution in [2.75, 3.05) is 5.32 Å². The minimum Gasteiger partial charge on any atom is -0.505 e. The lowest BCUT2D eigenvalue weighted by molar-refractivity contribution is -0.137. The van der Waals surface area contributed by atoms with Gasteiger partial charge in [0.25, 0.3) is 5.56 Å². The number of aromatic hydroxyl groups is 1. The van der Waals surface area contributed by atoms with Gasteiger partial charge in [0.1, 0.15) is 5.75 Å². The molecule has 2 aromatic carbocycles. The second-order valence-electron chi connectivity index (χ2n) is 7.46. The monoisotopic (exact) mass is 457 g/mol. The number of rotatable bonds is 6. The Morgan fingerprint density at radius 3 is 2.45 bits per heavy atom. The first-order valence-electron chi connectivity index (χ1n) is 9.80. The Kier molecular flexibility index (Phi) is 6.76. The van der Waals surface area contributed by atoms with E-state index in [-0.39, 0.29) is 5.69 Å². The fourth-order valence-corrected chi connectivity index (χ4v) is 3.34. The van der Waals surface area contributed by atoms with Crippen molar-refractivity contribution in [1.82, 2.24) is 9.88 Å². The van der Waals surface area contributed by atoms with E-state index in [4.69, 9.17) is 0 Å². The fraction of sp³-hybridized carbons (Fsp3) is 0.174. The number of hydrogen-bond acceptors (Lipinski definition) is 4. The predicted octanol–water partition coefficient (Wildman–Crippen LogP) is 3.68. The number of carbonyl (C=O) groups is 2. The van der Waals surface area contributed by atoms with Gasteiger partial charge in [0.2, 0.25) is 0 Å². The summed E-state index contributed by atoms with van der Waals surface area (Å²) in [4.78, 5) is 36.3. The first kappa shape index (κ1) is 23.5. The predicted molar refractivity (Wildman–Crippen MR) is 117 cm³/mol. The topological polar surface area (TPSA) is 121 Å². The third-order valence-electron chi connectivity index (χ3n) is 5.00. The number of nitrogens with zero attached hydrogens (tertiary/aromatic N) is 1. The second-order valence-corrected chi connectivity index (χ2v) is 7.46. The van der Waals surface area contributed by atoms with Crippen LogP contribution in [0.3, 0.4) is 0 Å². The molecular formula is C23H21F2N3O5. The van der Waals surface area contributed by atoms with Crippen molar-refractivity contribution < 1.29 is 28.6 Å². The molecule has 0 unspecified atom stereocenters. The van der Waals surface area contributed by atoms with E-state index >= 15 is 0 Å². The summed E-state index contributed by atoms with van der Waals surface area (Å²) < 4.78 is 28.1. The number of carboxylic acid groups (broad SMARTS) is 1. The zero-order valence-corrected chi connectivity index (χ0v) is 17.7. The van der Waals surface area contributed by atoms with Crippen LogP contribution in [0.5, 0.6) is 5.75 Å². The van der Waals surface area contributed by atoms with E-state index in [2.05, 4.69) is 10.6 Å². The van der Waals surface area contributed by atoms with Gasteiger partial charge in [-0.3, -0.25) is 9.59 Å². The van der Waals surface area contributed by atoms with Crippen molar-refractivity contribution in [2.45, 2.75) is 19.4 Å². The van der Waals surface area contributed by atoms with Crippen LogP contribution in [0.4, 0.5) is 19.3 Å². The summed E-state index contributed by atoms with van der Waals surface area (Å²) in [6.07, 6.45) is 0.907. The van der Waals surface area contributed by atoms with Crippen LogP contribution in [0.1, 0.15) is 23.6 Å². The molecule has 0 aliphatic rings. The maximum atomic E-state index is 13.6. The summed E-state index contributed by atoms with van der Waals surface area (Å²) in [6.45, 7) is 1.55. The zero-order valence-electron chi connectivity index (χ0n) is 17.7. The van der Waals surface area contributed by atoms with Crippen LogP contribution in [0, 0.1) is 18.6 Å². The Morgan fingerprint density at radius 1 is 1.09 bits per heavy atom. The Hall–Kier alpha value is -4.21. The van der Waals surface area contributed by atoms with Crippen LogP contribution < -0.4 is 16.2 Å². The molecule has 8 nitrogen and oxygen atoms in total. The number of carbonyl (C=O) groups excluding carboxylic acids is 1. The lowest BCUT2D eigenvalue weighted by Gasteiger charge is -2.19. The van der Waals surface area contributed by atoms with Gasteiger partial charge < -0.3 is 25.4 Å². The minimum atomic E-state index is -1.20. The van der Waals surface area contributed by atoms with Crippen molar-refractivity contribution in [2.24, 2.45) is 7.05 Å². The summed E-state index contributed by atoms with van der Waals surface area (Å²) in [6, 6.07) is 7.76. The van der Waals surface area contributed by atoms with Crippen LogP contribution in [0.25, 0.3) is 11.1 Å². The van der Waals surface area contributed by atoms with Crippen molar-refractivity contribution >= 4 is 17.7 Å². The second kappa shape index (κ2) is 9.51. The van der Waals surface area contributed by atoms with Crippen molar-refractivity contribution in [3.63, 3.8) is 0 Å². The molecule has 0 saturated carbocycles. The van der Waals surface area contributed by atoms with E-state index in [0.29, 0.717) is 22.3 Å². The minimum absolute atomic E-state index is 0.348. The Balaban J connectivity index is 1.89. The van der Waals surface area contributed by atoms with Crippen LogP contribution in [0.2, 0.25) is 0 Å². The molecule has 0 aliphatic heterocycles. The highest BCUT2D eigenvalue weighted by Crippen LogP contribution is 2.27. The summed E-state index contributed by atoms with van der Waals surface area (Å²) in [5.74, 6) is -3.63. The molecule has 2 amide bonds. The van der Waals surface area contributed by atoms with E-state index in [1.807, 2.05) is 0 Å². The third kappa shape index (κ3) is 5.35. The molecule has 10 heteroatoms. The lowest BCUT2D eigenvalue weighted by atomic mass is 9.98. The van der Waals surface area contributed by atoms with Crippen LogP contribution in [-0.4, -0.2) is 26.8 Å². The summed E-state index contributed by atoms with van der Waals surface area (Å²) in [5, 5.41) is 24.2. The van der Waals surface area contributed by atoms with Crippen LogP contribution in [0.15, 0.2) is 53.5 Å². The van der Waals surface area contributed by atoms with E-state index in [0.717, 1.165) is 12.1 Å². The van der Waals surface area contributed by atoms with Gasteiger partial charge in [-0.2, -0.15) is 0 Å². The molecule has 0 spiro atoms. The van der Waals surface area contributed by atoms with Crippen molar-refractivity contribution in [3.8, 4) is 16.9 Å². The van der Waals surface area contributed by atoms with Crippen molar-refractivity contribution in [1.29, 1.82) is 0 Å². The molecule has 0 fully saturated rings. The number of carboxylic acids is 1. The molecule has 4 N–H and O–H groups in total. The number of anilines is 1. The largest absolute Gasteiger partial charge is 0.505 e. The number of aliphatic carboxylic acids is 1. The first-order valence-corrected chi connectivity index (χ1v) is 9.80.